The van der Waals surface area contributed by atoms with Crippen LogP contribution in [0.3, 0.4) is 0 Å². The quantitative estimate of drug-likeness (QED) is 0.677. The van der Waals surface area contributed by atoms with Crippen molar-refractivity contribution in [1.82, 2.24) is 25.4 Å². The number of likely N-dealkylation sites (tertiary alicyclic amines) is 1. The number of nitrogens with one attached hydrogen (secondary N) is 2. The Balaban J connectivity index is 1.76. The van der Waals surface area contributed by atoms with Crippen LogP contribution in [0.25, 0.3) is 22.3 Å². The summed E-state index contributed by atoms with van der Waals surface area (Å²) in [7, 11) is 1.92. The van der Waals surface area contributed by atoms with Gasteiger partial charge in [0, 0.05) is 24.7 Å². The minimum atomic E-state index is -0.00780. The molecule has 3 N–H and O–H groups in total. The van der Waals surface area contributed by atoms with Crippen molar-refractivity contribution in [2.75, 3.05) is 20.1 Å². The average molecular weight is 337 g/mol. The number of carbonyl (C=O) groups excluding carboxylic acids is 1. The molecular formula is C18H19N5O2. The number of aromatic nitrogens is 3. The summed E-state index contributed by atoms with van der Waals surface area (Å²) in [5, 5.41) is 20.3. The zero-order valence-electron chi connectivity index (χ0n) is 13.9. The number of phenols is 1. The number of aromatic amines is 1. The molecule has 1 aliphatic rings. The normalized spacial score (nSPS) is 17.3. The second-order valence-corrected chi connectivity index (χ2v) is 6.26. The lowest BCUT2D eigenvalue weighted by Crippen LogP contribution is -2.33. The summed E-state index contributed by atoms with van der Waals surface area (Å²) in [4.78, 5) is 19.5. The zero-order valence-corrected chi connectivity index (χ0v) is 13.9. The van der Waals surface area contributed by atoms with Crippen LogP contribution in [0.4, 0.5) is 0 Å². The first-order valence-electron chi connectivity index (χ1n) is 8.26. The van der Waals surface area contributed by atoms with Gasteiger partial charge in [0.05, 0.1) is 22.8 Å². The fourth-order valence-electron chi connectivity index (χ4n) is 3.24. The molecule has 7 nitrogen and oxygen atoms in total. The maximum Gasteiger partial charge on any atom is 0.254 e. The minimum absolute atomic E-state index is 0.00780. The third-order valence-corrected chi connectivity index (χ3v) is 4.70. The van der Waals surface area contributed by atoms with E-state index in [1.807, 2.05) is 11.9 Å². The summed E-state index contributed by atoms with van der Waals surface area (Å²) in [6.07, 6.45) is 2.59. The number of rotatable bonds is 3. The molecule has 2 aromatic heterocycles. The largest absolute Gasteiger partial charge is 0.508 e. The van der Waals surface area contributed by atoms with Gasteiger partial charge in [0.2, 0.25) is 0 Å². The Morgan fingerprint density at radius 3 is 2.88 bits per heavy atom. The second-order valence-electron chi connectivity index (χ2n) is 6.26. The van der Waals surface area contributed by atoms with E-state index in [1.54, 1.807) is 36.5 Å². The molecule has 0 aliphatic carbocycles. The fraction of sp³-hybridized carbons (Fsp3) is 0.278. The zero-order chi connectivity index (χ0) is 17.4. The van der Waals surface area contributed by atoms with Crippen LogP contribution in [0.1, 0.15) is 16.8 Å². The van der Waals surface area contributed by atoms with Gasteiger partial charge < -0.3 is 15.3 Å². The number of benzene rings is 1. The topological polar surface area (TPSA) is 94.1 Å². The van der Waals surface area contributed by atoms with Crippen LogP contribution in [0.15, 0.2) is 36.5 Å². The van der Waals surface area contributed by atoms with E-state index in [1.165, 1.54) is 0 Å². The van der Waals surface area contributed by atoms with E-state index in [0.29, 0.717) is 29.5 Å². The standard InChI is InChI=1S/C18H19N5O2/c1-19-12-6-7-23(10-12)18(25)14-8-16(11-2-4-13(24)5-3-11)21-17-15(14)9-20-22-17/h2-5,8-9,12,19,24H,6-7,10H2,1H3,(H,20,21,22). The minimum Gasteiger partial charge on any atom is -0.508 e. The summed E-state index contributed by atoms with van der Waals surface area (Å²) in [6.45, 7) is 1.44. The second kappa shape index (κ2) is 6.18. The van der Waals surface area contributed by atoms with Gasteiger partial charge in [-0.05, 0) is 43.8 Å². The smallest absolute Gasteiger partial charge is 0.254 e. The highest BCUT2D eigenvalue weighted by Gasteiger charge is 2.27. The van der Waals surface area contributed by atoms with Crippen molar-refractivity contribution < 1.29 is 9.90 Å². The van der Waals surface area contributed by atoms with Crippen molar-refractivity contribution in [2.45, 2.75) is 12.5 Å². The van der Waals surface area contributed by atoms with Gasteiger partial charge in [-0.25, -0.2) is 4.98 Å². The Bertz CT molecular complexity index is 919. The number of carbonyl (C=O) groups is 1. The van der Waals surface area contributed by atoms with Crippen molar-refractivity contribution in [2.24, 2.45) is 0 Å². The van der Waals surface area contributed by atoms with E-state index in [9.17, 15) is 9.90 Å². The van der Waals surface area contributed by atoms with Crippen molar-refractivity contribution in [3.8, 4) is 17.0 Å². The number of likely N-dealkylation sites (N-methyl/N-ethyl adjacent to an activating group) is 1. The van der Waals surface area contributed by atoms with Crippen molar-refractivity contribution in [3.63, 3.8) is 0 Å². The van der Waals surface area contributed by atoms with Crippen molar-refractivity contribution >= 4 is 16.9 Å². The van der Waals surface area contributed by atoms with Crippen LogP contribution in [0.5, 0.6) is 5.75 Å². The van der Waals surface area contributed by atoms with Crippen LogP contribution in [0.2, 0.25) is 0 Å². The highest BCUT2D eigenvalue weighted by atomic mass is 16.3. The number of amides is 1. The number of fused-ring (bicyclic) bond motifs is 1. The van der Waals surface area contributed by atoms with Gasteiger partial charge in [0.1, 0.15) is 5.75 Å². The summed E-state index contributed by atoms with van der Waals surface area (Å²) >= 11 is 0. The number of aromatic hydroxyl groups is 1. The van der Waals surface area contributed by atoms with E-state index >= 15 is 0 Å². The molecule has 1 aromatic carbocycles. The Labute approximate surface area is 144 Å². The number of H-pyrrole nitrogens is 1. The van der Waals surface area contributed by atoms with Crippen molar-refractivity contribution in [1.29, 1.82) is 0 Å². The van der Waals surface area contributed by atoms with Gasteiger partial charge >= 0.3 is 0 Å². The summed E-state index contributed by atoms with van der Waals surface area (Å²) in [5.74, 6) is 0.185. The molecular weight excluding hydrogens is 318 g/mol. The molecule has 1 fully saturated rings. The van der Waals surface area contributed by atoms with Gasteiger partial charge in [-0.3, -0.25) is 9.89 Å². The van der Waals surface area contributed by atoms with E-state index < -0.39 is 0 Å². The third-order valence-electron chi connectivity index (χ3n) is 4.70. The lowest BCUT2D eigenvalue weighted by molar-refractivity contribution is 0.0791. The van der Waals surface area contributed by atoms with E-state index in [4.69, 9.17) is 0 Å². The highest BCUT2D eigenvalue weighted by Crippen LogP contribution is 2.26. The Hall–Kier alpha value is -2.93. The van der Waals surface area contributed by atoms with E-state index in [0.717, 1.165) is 23.9 Å². The molecule has 1 amide bonds. The fourth-order valence-corrected chi connectivity index (χ4v) is 3.24. The highest BCUT2D eigenvalue weighted by molar-refractivity contribution is 6.06. The average Bonchev–Trinajstić information content (AvgIpc) is 3.30. The molecule has 128 valence electrons. The number of phenolic OH excluding ortho intramolecular Hbond substituents is 1. The van der Waals surface area contributed by atoms with Gasteiger partial charge in [-0.2, -0.15) is 5.10 Å². The predicted octanol–water partition coefficient (Wildman–Crippen LogP) is 1.76. The molecule has 7 heteroatoms. The molecule has 1 unspecified atom stereocenters. The molecule has 3 aromatic rings. The van der Waals surface area contributed by atoms with Crippen LogP contribution < -0.4 is 5.32 Å². The van der Waals surface area contributed by atoms with Gasteiger partial charge in [0.25, 0.3) is 5.91 Å². The molecule has 3 heterocycles. The molecule has 0 spiro atoms. The molecule has 0 saturated carbocycles. The first kappa shape index (κ1) is 15.6. The lowest BCUT2D eigenvalue weighted by Gasteiger charge is -2.17. The third kappa shape index (κ3) is 2.83. The molecule has 1 aliphatic heterocycles. The van der Waals surface area contributed by atoms with Crippen molar-refractivity contribution in [3.05, 3.63) is 42.1 Å². The SMILES string of the molecule is CNC1CCN(C(=O)c2cc(-c3ccc(O)cc3)nc3[nH]ncc23)C1. The summed E-state index contributed by atoms with van der Waals surface area (Å²) < 4.78 is 0. The molecule has 1 atom stereocenters. The van der Waals surface area contributed by atoms with Crippen LogP contribution in [-0.4, -0.2) is 57.3 Å². The maximum atomic E-state index is 13.0. The summed E-state index contributed by atoms with van der Waals surface area (Å²) in [5.41, 5.74) is 2.68. The number of pyridine rings is 1. The monoisotopic (exact) mass is 337 g/mol. The maximum absolute atomic E-state index is 13.0. The molecule has 25 heavy (non-hydrogen) atoms. The first-order valence-corrected chi connectivity index (χ1v) is 8.26. The predicted molar refractivity (Wildman–Crippen MR) is 94.4 cm³/mol. The van der Waals surface area contributed by atoms with Crippen LogP contribution in [-0.2, 0) is 0 Å². The van der Waals surface area contributed by atoms with Crippen LogP contribution >= 0.6 is 0 Å². The Kier molecular flexibility index (Phi) is 3.85. The molecule has 0 radical (unpaired) electrons. The van der Waals surface area contributed by atoms with Gasteiger partial charge in [0.15, 0.2) is 5.65 Å². The van der Waals surface area contributed by atoms with Gasteiger partial charge in [-0.1, -0.05) is 0 Å². The Morgan fingerprint density at radius 2 is 2.16 bits per heavy atom. The Morgan fingerprint density at radius 1 is 1.36 bits per heavy atom. The molecule has 0 bridgehead atoms. The summed E-state index contributed by atoms with van der Waals surface area (Å²) in [6, 6.07) is 8.91. The van der Waals surface area contributed by atoms with E-state index in [2.05, 4.69) is 20.5 Å². The lowest BCUT2D eigenvalue weighted by atomic mass is 10.1. The number of hydrogen-bond acceptors (Lipinski definition) is 5. The number of nitrogens with zero attached hydrogens (tertiary/aromatic N) is 3. The molecule has 1 saturated heterocycles. The van der Waals surface area contributed by atoms with E-state index in [-0.39, 0.29) is 11.7 Å². The van der Waals surface area contributed by atoms with Gasteiger partial charge in [-0.15, -0.1) is 0 Å². The number of hydrogen-bond donors (Lipinski definition) is 3. The first-order chi connectivity index (χ1) is 12.2. The van der Waals surface area contributed by atoms with Crippen LogP contribution in [0, 0.1) is 0 Å². The molecule has 4 rings (SSSR count).